The Morgan fingerprint density at radius 2 is 1.69 bits per heavy atom. The second-order valence-corrected chi connectivity index (χ2v) is 9.47. The highest BCUT2D eigenvalue weighted by Gasteiger charge is 2.24. The van der Waals surface area contributed by atoms with Crippen LogP contribution in [0.1, 0.15) is 53.1 Å². The number of H-pyrrole nitrogens is 1. The van der Waals surface area contributed by atoms with Gasteiger partial charge in [-0.25, -0.2) is 4.79 Å². The molecule has 4 N–H and O–H groups in total. The van der Waals surface area contributed by atoms with E-state index in [1.54, 1.807) is 4.90 Å². The van der Waals surface area contributed by atoms with Crippen LogP contribution >= 0.6 is 0 Å². The van der Waals surface area contributed by atoms with Gasteiger partial charge in [-0.05, 0) is 23.3 Å². The summed E-state index contributed by atoms with van der Waals surface area (Å²) in [6.45, 7) is 12.8. The van der Waals surface area contributed by atoms with Crippen molar-refractivity contribution in [2.24, 2.45) is 17.8 Å². The summed E-state index contributed by atoms with van der Waals surface area (Å²) in [6.07, 6.45) is 0. The van der Waals surface area contributed by atoms with E-state index in [1.165, 1.54) is 4.57 Å². The minimum atomic E-state index is -0.579. The monoisotopic (exact) mass is 443 g/mol. The molecule has 2 rings (SSSR count). The molecule has 0 aliphatic heterocycles. The quantitative estimate of drug-likeness (QED) is 0.523. The molecule has 1 atom stereocenters. The van der Waals surface area contributed by atoms with E-state index in [0.29, 0.717) is 13.1 Å². The van der Waals surface area contributed by atoms with E-state index >= 15 is 0 Å². The molecule has 0 aliphatic rings. The van der Waals surface area contributed by atoms with Crippen molar-refractivity contribution in [1.29, 1.82) is 0 Å². The zero-order valence-corrected chi connectivity index (χ0v) is 20.0. The number of rotatable bonds is 10. The highest BCUT2D eigenvalue weighted by atomic mass is 16.2. The predicted molar refractivity (Wildman–Crippen MR) is 130 cm³/mol. The lowest BCUT2D eigenvalue weighted by molar-refractivity contribution is -0.120. The molecule has 0 fully saturated rings. The lowest BCUT2D eigenvalue weighted by Crippen LogP contribution is -2.45. The Labute approximate surface area is 189 Å². The number of hydrogen-bond acceptors (Lipinski definition) is 5. The summed E-state index contributed by atoms with van der Waals surface area (Å²) in [5, 5.41) is 3.10. The molecule has 0 saturated carbocycles. The summed E-state index contributed by atoms with van der Waals surface area (Å²) in [5.74, 6) is 0.384. The molecule has 0 spiro atoms. The predicted octanol–water partition coefficient (Wildman–Crippen LogP) is 2.75. The van der Waals surface area contributed by atoms with Crippen molar-refractivity contribution in [3.05, 3.63) is 56.7 Å². The second kappa shape index (κ2) is 11.0. The maximum Gasteiger partial charge on any atom is 0.330 e. The fourth-order valence-corrected chi connectivity index (χ4v) is 3.79. The van der Waals surface area contributed by atoms with Crippen LogP contribution in [0, 0.1) is 17.8 Å². The van der Waals surface area contributed by atoms with Crippen molar-refractivity contribution >= 4 is 17.4 Å². The van der Waals surface area contributed by atoms with E-state index in [9.17, 15) is 14.4 Å². The van der Waals surface area contributed by atoms with Gasteiger partial charge in [0.2, 0.25) is 5.91 Å². The molecule has 8 nitrogen and oxygen atoms in total. The fourth-order valence-electron chi connectivity index (χ4n) is 3.79. The van der Waals surface area contributed by atoms with Crippen LogP contribution in [0.25, 0.3) is 0 Å². The van der Waals surface area contributed by atoms with Gasteiger partial charge in [-0.1, -0.05) is 71.9 Å². The third-order valence-electron chi connectivity index (χ3n) is 5.14. The van der Waals surface area contributed by atoms with Gasteiger partial charge in [0, 0.05) is 13.1 Å². The van der Waals surface area contributed by atoms with E-state index in [4.69, 9.17) is 5.73 Å². The number of nitrogens with one attached hydrogen (secondary N) is 2. The Balaban J connectivity index is 2.38. The summed E-state index contributed by atoms with van der Waals surface area (Å²) in [5.41, 5.74) is 6.36. The number of aromatic nitrogens is 2. The zero-order chi connectivity index (χ0) is 24.0. The fraction of sp³-hybridized carbons (Fsp3) is 0.542. The Bertz CT molecular complexity index is 1010. The number of carbonyl (C=O) groups excluding carboxylic acids is 1. The van der Waals surface area contributed by atoms with Gasteiger partial charge in [-0.3, -0.25) is 19.1 Å². The van der Waals surface area contributed by atoms with Crippen LogP contribution in [0.5, 0.6) is 0 Å². The van der Waals surface area contributed by atoms with E-state index < -0.39 is 11.2 Å². The first-order valence-electron chi connectivity index (χ1n) is 11.2. The number of hydrogen-bond donors (Lipinski definition) is 3. The molecule has 1 aromatic carbocycles. The van der Waals surface area contributed by atoms with Gasteiger partial charge in [0.05, 0.1) is 12.6 Å². The lowest BCUT2D eigenvalue weighted by Gasteiger charge is -2.29. The van der Waals surface area contributed by atoms with Crippen molar-refractivity contribution in [3.8, 4) is 0 Å². The Morgan fingerprint density at radius 3 is 2.22 bits per heavy atom. The van der Waals surface area contributed by atoms with Gasteiger partial charge in [0.25, 0.3) is 5.56 Å². The second-order valence-electron chi connectivity index (χ2n) is 9.47. The van der Waals surface area contributed by atoms with Crippen LogP contribution < -0.4 is 27.2 Å². The van der Waals surface area contributed by atoms with E-state index in [1.807, 2.05) is 71.9 Å². The molecule has 0 saturated heterocycles. The first-order chi connectivity index (χ1) is 15.0. The summed E-state index contributed by atoms with van der Waals surface area (Å²) in [6, 6.07) is 9.65. The molecular weight excluding hydrogens is 406 g/mol. The first kappa shape index (κ1) is 25.2. The molecule has 176 valence electrons. The molecule has 0 bridgehead atoms. The molecule has 2 aromatic rings. The van der Waals surface area contributed by atoms with E-state index in [0.717, 1.165) is 5.56 Å². The zero-order valence-electron chi connectivity index (χ0n) is 20.0. The van der Waals surface area contributed by atoms with Gasteiger partial charge in [0.1, 0.15) is 11.5 Å². The molecule has 1 unspecified atom stereocenters. The summed E-state index contributed by atoms with van der Waals surface area (Å²) in [7, 11) is 0. The van der Waals surface area contributed by atoms with Crippen molar-refractivity contribution < 1.29 is 4.79 Å². The van der Waals surface area contributed by atoms with Crippen molar-refractivity contribution in [3.63, 3.8) is 0 Å². The number of nitrogen functional groups attached to an aromatic ring is 1. The van der Waals surface area contributed by atoms with Crippen LogP contribution in [0.4, 0.5) is 11.5 Å². The normalized spacial score (nSPS) is 12.4. The van der Waals surface area contributed by atoms with Crippen LogP contribution in [0.2, 0.25) is 0 Å². The largest absolute Gasteiger partial charge is 0.383 e. The highest BCUT2D eigenvalue weighted by molar-refractivity contribution is 5.83. The number of aromatic amines is 1. The minimum Gasteiger partial charge on any atom is -0.383 e. The average molecular weight is 444 g/mol. The number of benzene rings is 1. The van der Waals surface area contributed by atoms with Crippen LogP contribution in [0.3, 0.4) is 0 Å². The third-order valence-corrected chi connectivity index (χ3v) is 5.14. The molecule has 1 heterocycles. The summed E-state index contributed by atoms with van der Waals surface area (Å²) >= 11 is 0. The van der Waals surface area contributed by atoms with Gasteiger partial charge in [-0.15, -0.1) is 0 Å². The smallest absolute Gasteiger partial charge is 0.330 e. The molecular formula is C24H37N5O3. The Morgan fingerprint density at radius 1 is 1.06 bits per heavy atom. The average Bonchev–Trinajstić information content (AvgIpc) is 2.69. The maximum absolute atomic E-state index is 13.1. The molecule has 8 heteroatoms. The standard InChI is InChI=1S/C24H37N5O3/c1-15(2)12-28(21-22(25)29(13-16(3)4)24(32)27-23(21)31)14-19(30)26-20(17(5)6)18-10-8-7-9-11-18/h7-11,15-17,20H,12-14,25H2,1-6H3,(H,26,30)(H,27,31,32). The van der Waals surface area contributed by atoms with E-state index in [-0.39, 0.29) is 47.8 Å². The minimum absolute atomic E-state index is 0.0403. The molecule has 1 aromatic heterocycles. The van der Waals surface area contributed by atoms with Crippen molar-refractivity contribution in [1.82, 2.24) is 14.9 Å². The van der Waals surface area contributed by atoms with Crippen molar-refractivity contribution in [2.45, 2.75) is 54.1 Å². The van der Waals surface area contributed by atoms with Crippen LogP contribution in [0.15, 0.2) is 39.9 Å². The number of carbonyl (C=O) groups is 1. The third kappa shape index (κ3) is 6.48. The summed E-state index contributed by atoms with van der Waals surface area (Å²) in [4.78, 5) is 42.2. The molecule has 0 aliphatic carbocycles. The van der Waals surface area contributed by atoms with E-state index in [2.05, 4.69) is 10.3 Å². The summed E-state index contributed by atoms with van der Waals surface area (Å²) < 4.78 is 1.37. The van der Waals surface area contributed by atoms with Gasteiger partial charge >= 0.3 is 5.69 Å². The van der Waals surface area contributed by atoms with Gasteiger partial charge in [-0.2, -0.15) is 0 Å². The molecule has 0 radical (unpaired) electrons. The Kier molecular flexibility index (Phi) is 8.69. The van der Waals surface area contributed by atoms with Crippen LogP contribution in [-0.2, 0) is 11.3 Å². The Hall–Kier alpha value is -3.03. The van der Waals surface area contributed by atoms with Gasteiger partial charge < -0.3 is 16.0 Å². The lowest BCUT2D eigenvalue weighted by atomic mass is 9.96. The number of amides is 1. The van der Waals surface area contributed by atoms with Crippen LogP contribution in [-0.4, -0.2) is 28.5 Å². The number of anilines is 2. The highest BCUT2D eigenvalue weighted by Crippen LogP contribution is 2.22. The molecule has 32 heavy (non-hydrogen) atoms. The number of nitrogens with two attached hydrogens (primary N) is 1. The van der Waals surface area contributed by atoms with Crippen molar-refractivity contribution in [2.75, 3.05) is 23.7 Å². The molecule has 1 amide bonds. The first-order valence-corrected chi connectivity index (χ1v) is 11.2. The maximum atomic E-state index is 13.1. The SMILES string of the molecule is CC(C)CN(CC(=O)NC(c1ccccc1)C(C)C)c1c(N)n(CC(C)C)c(=O)[nH]c1=O. The van der Waals surface area contributed by atoms with Gasteiger partial charge in [0.15, 0.2) is 0 Å². The number of nitrogens with zero attached hydrogens (tertiary/aromatic N) is 2. The topological polar surface area (TPSA) is 113 Å².